The van der Waals surface area contributed by atoms with Crippen LogP contribution in [0.2, 0.25) is 0 Å². The van der Waals surface area contributed by atoms with Crippen molar-refractivity contribution in [3.63, 3.8) is 0 Å². The first-order chi connectivity index (χ1) is 13.6. The zero-order chi connectivity index (χ0) is 19.9. The van der Waals surface area contributed by atoms with Crippen molar-refractivity contribution < 1.29 is 14.3 Å². The number of carbonyl (C=O) groups excluding carboxylic acids is 2. The molecule has 28 heavy (non-hydrogen) atoms. The highest BCUT2D eigenvalue weighted by Crippen LogP contribution is 2.17. The molecule has 2 amide bonds. The van der Waals surface area contributed by atoms with Gasteiger partial charge in [-0.15, -0.1) is 0 Å². The molecule has 1 aromatic carbocycles. The summed E-state index contributed by atoms with van der Waals surface area (Å²) < 4.78 is 5.82. The Labute approximate surface area is 168 Å². The van der Waals surface area contributed by atoms with E-state index in [0.717, 1.165) is 25.9 Å². The molecule has 2 fully saturated rings. The standard InChI is InChI=1S/C22H33N3O3/c1-3-18-4-7-20(8-5-18)28-17(2)22(27)25-14-12-24(13-15-25)21(26)9-6-19-10-11-23-16-19/h4-5,7-8,17,19,23H,3,6,9-16H2,1-2H3. The number of amides is 2. The van der Waals surface area contributed by atoms with E-state index in [4.69, 9.17) is 4.74 Å². The van der Waals surface area contributed by atoms with Gasteiger partial charge in [0, 0.05) is 32.6 Å². The molecule has 154 valence electrons. The van der Waals surface area contributed by atoms with Crippen molar-refractivity contribution in [3.05, 3.63) is 29.8 Å². The van der Waals surface area contributed by atoms with Crippen LogP contribution in [0.25, 0.3) is 0 Å². The van der Waals surface area contributed by atoms with Crippen LogP contribution in [0.1, 0.15) is 38.7 Å². The zero-order valence-electron chi connectivity index (χ0n) is 17.2. The SMILES string of the molecule is CCc1ccc(OC(C)C(=O)N2CCN(C(=O)CCC3CCNC3)CC2)cc1. The van der Waals surface area contributed by atoms with Gasteiger partial charge in [0.15, 0.2) is 6.10 Å². The lowest BCUT2D eigenvalue weighted by atomic mass is 10.0. The largest absolute Gasteiger partial charge is 0.481 e. The molecule has 0 aromatic heterocycles. The summed E-state index contributed by atoms with van der Waals surface area (Å²) in [7, 11) is 0. The van der Waals surface area contributed by atoms with Gasteiger partial charge < -0.3 is 19.9 Å². The number of nitrogens with one attached hydrogen (secondary N) is 1. The van der Waals surface area contributed by atoms with Gasteiger partial charge in [-0.05, 0) is 62.9 Å². The van der Waals surface area contributed by atoms with E-state index in [-0.39, 0.29) is 11.8 Å². The van der Waals surface area contributed by atoms with Crippen molar-refractivity contribution in [1.29, 1.82) is 0 Å². The summed E-state index contributed by atoms with van der Waals surface area (Å²) in [4.78, 5) is 28.8. The predicted octanol–water partition coefficient (Wildman–Crippen LogP) is 2.08. The van der Waals surface area contributed by atoms with Crippen molar-refractivity contribution >= 4 is 11.8 Å². The maximum atomic E-state index is 12.7. The molecule has 2 aliphatic rings. The first kappa shape index (κ1) is 20.6. The van der Waals surface area contributed by atoms with E-state index in [0.29, 0.717) is 44.3 Å². The van der Waals surface area contributed by atoms with Crippen LogP contribution in [0, 0.1) is 5.92 Å². The average molecular weight is 388 g/mol. The van der Waals surface area contributed by atoms with Crippen molar-refractivity contribution in [2.75, 3.05) is 39.3 Å². The highest BCUT2D eigenvalue weighted by Gasteiger charge is 2.28. The van der Waals surface area contributed by atoms with E-state index in [1.165, 1.54) is 12.0 Å². The highest BCUT2D eigenvalue weighted by molar-refractivity contribution is 5.81. The quantitative estimate of drug-likeness (QED) is 0.778. The van der Waals surface area contributed by atoms with Crippen molar-refractivity contribution in [2.24, 2.45) is 5.92 Å². The molecule has 2 heterocycles. The normalized spacial score (nSPS) is 20.9. The van der Waals surface area contributed by atoms with Crippen LogP contribution in [0.15, 0.2) is 24.3 Å². The van der Waals surface area contributed by atoms with E-state index in [1.807, 2.05) is 34.1 Å². The van der Waals surface area contributed by atoms with Crippen LogP contribution in [-0.2, 0) is 16.0 Å². The molecule has 0 radical (unpaired) electrons. The third-order valence-electron chi connectivity index (χ3n) is 5.87. The predicted molar refractivity (Wildman–Crippen MR) is 109 cm³/mol. The lowest BCUT2D eigenvalue weighted by Crippen LogP contribution is -2.53. The molecule has 2 atom stereocenters. The van der Waals surface area contributed by atoms with Gasteiger partial charge in [-0.2, -0.15) is 0 Å². The molecule has 0 spiro atoms. The summed E-state index contributed by atoms with van der Waals surface area (Å²) in [5.41, 5.74) is 1.25. The number of piperazine rings is 1. The Morgan fingerprint density at radius 1 is 1.14 bits per heavy atom. The Kier molecular flexibility index (Phi) is 7.31. The molecular formula is C22H33N3O3. The van der Waals surface area contributed by atoms with E-state index in [1.54, 1.807) is 6.92 Å². The number of nitrogens with zero attached hydrogens (tertiary/aromatic N) is 2. The third-order valence-corrected chi connectivity index (χ3v) is 5.87. The number of benzene rings is 1. The van der Waals surface area contributed by atoms with Crippen LogP contribution in [0.4, 0.5) is 0 Å². The van der Waals surface area contributed by atoms with Gasteiger partial charge >= 0.3 is 0 Å². The van der Waals surface area contributed by atoms with E-state index in [2.05, 4.69) is 12.2 Å². The topological polar surface area (TPSA) is 61.9 Å². The first-order valence-corrected chi connectivity index (χ1v) is 10.6. The summed E-state index contributed by atoms with van der Waals surface area (Å²) in [5, 5.41) is 3.35. The van der Waals surface area contributed by atoms with Crippen molar-refractivity contribution in [1.82, 2.24) is 15.1 Å². The van der Waals surface area contributed by atoms with Gasteiger partial charge in [0.2, 0.25) is 5.91 Å². The molecule has 6 nitrogen and oxygen atoms in total. The lowest BCUT2D eigenvalue weighted by Gasteiger charge is -2.36. The third kappa shape index (κ3) is 5.47. The maximum Gasteiger partial charge on any atom is 0.263 e. The summed E-state index contributed by atoms with van der Waals surface area (Å²) in [6.45, 7) is 8.41. The Bertz CT molecular complexity index is 647. The Morgan fingerprint density at radius 2 is 1.82 bits per heavy atom. The summed E-state index contributed by atoms with van der Waals surface area (Å²) in [5.74, 6) is 1.56. The lowest BCUT2D eigenvalue weighted by molar-refractivity contribution is -0.143. The van der Waals surface area contributed by atoms with E-state index >= 15 is 0 Å². The van der Waals surface area contributed by atoms with Gasteiger partial charge in [-0.25, -0.2) is 0 Å². The highest BCUT2D eigenvalue weighted by atomic mass is 16.5. The Balaban J connectivity index is 1.41. The van der Waals surface area contributed by atoms with E-state index in [9.17, 15) is 9.59 Å². The number of hydrogen-bond acceptors (Lipinski definition) is 4. The molecule has 2 unspecified atom stereocenters. The number of hydrogen-bond donors (Lipinski definition) is 1. The monoisotopic (exact) mass is 387 g/mol. The molecule has 2 saturated heterocycles. The van der Waals surface area contributed by atoms with Crippen LogP contribution in [0.3, 0.4) is 0 Å². The molecule has 0 aliphatic carbocycles. The molecule has 0 bridgehead atoms. The van der Waals surface area contributed by atoms with Gasteiger partial charge in [0.05, 0.1) is 0 Å². The average Bonchev–Trinajstić information content (AvgIpc) is 3.26. The molecule has 0 saturated carbocycles. The number of aryl methyl sites for hydroxylation is 1. The van der Waals surface area contributed by atoms with Crippen molar-refractivity contribution in [2.45, 2.75) is 45.6 Å². The second-order valence-electron chi connectivity index (χ2n) is 7.86. The zero-order valence-corrected chi connectivity index (χ0v) is 17.2. The fourth-order valence-electron chi connectivity index (χ4n) is 3.94. The number of rotatable bonds is 7. The van der Waals surface area contributed by atoms with Crippen LogP contribution in [0.5, 0.6) is 5.75 Å². The fraction of sp³-hybridized carbons (Fsp3) is 0.636. The smallest absolute Gasteiger partial charge is 0.263 e. The summed E-state index contributed by atoms with van der Waals surface area (Å²) in [6, 6.07) is 7.88. The minimum absolute atomic E-state index is 0.0105. The second kappa shape index (κ2) is 9.92. The van der Waals surface area contributed by atoms with Gasteiger partial charge in [-0.3, -0.25) is 9.59 Å². The molecule has 2 aliphatic heterocycles. The molecule has 3 rings (SSSR count). The summed E-state index contributed by atoms with van der Waals surface area (Å²) >= 11 is 0. The van der Waals surface area contributed by atoms with Gasteiger partial charge in [0.25, 0.3) is 5.91 Å². The molecular weight excluding hydrogens is 354 g/mol. The second-order valence-corrected chi connectivity index (χ2v) is 7.86. The molecule has 6 heteroatoms. The molecule has 1 aromatic rings. The number of ether oxygens (including phenoxy) is 1. The van der Waals surface area contributed by atoms with Crippen LogP contribution >= 0.6 is 0 Å². The minimum atomic E-state index is -0.524. The van der Waals surface area contributed by atoms with Gasteiger partial charge in [-0.1, -0.05) is 19.1 Å². The van der Waals surface area contributed by atoms with Gasteiger partial charge in [0.1, 0.15) is 5.75 Å². The van der Waals surface area contributed by atoms with Crippen LogP contribution < -0.4 is 10.1 Å². The first-order valence-electron chi connectivity index (χ1n) is 10.6. The van der Waals surface area contributed by atoms with E-state index < -0.39 is 6.10 Å². The Morgan fingerprint density at radius 3 is 2.43 bits per heavy atom. The number of carbonyl (C=O) groups is 2. The summed E-state index contributed by atoms with van der Waals surface area (Å²) in [6.07, 6.45) is 3.22. The Hall–Kier alpha value is -2.08. The maximum absolute atomic E-state index is 12.7. The molecule has 1 N–H and O–H groups in total. The van der Waals surface area contributed by atoms with Crippen LogP contribution in [-0.4, -0.2) is 67.0 Å². The fourth-order valence-corrected chi connectivity index (χ4v) is 3.94. The minimum Gasteiger partial charge on any atom is -0.481 e. The van der Waals surface area contributed by atoms with Crippen molar-refractivity contribution in [3.8, 4) is 5.75 Å².